The summed E-state index contributed by atoms with van der Waals surface area (Å²) in [6.45, 7) is 2.23. The Bertz CT molecular complexity index is 1300. The lowest BCUT2D eigenvalue weighted by atomic mass is 9.86. The van der Waals surface area contributed by atoms with Crippen molar-refractivity contribution in [2.45, 2.75) is 42.5 Å². The van der Waals surface area contributed by atoms with Crippen LogP contribution >= 0.6 is 34.9 Å². The van der Waals surface area contributed by atoms with E-state index in [1.807, 2.05) is 6.07 Å². The SMILES string of the molecule is Cc1sc(N)nc1/C(=N\O)C(=O)N[C@@H]1C(=O)N2C(C(=O)O)=C(Sc3ccncc3CSCCN)CC[C@H]12. The topological polar surface area (TPSA) is 197 Å². The smallest absolute Gasteiger partial charge is 0.353 e. The Morgan fingerprint density at radius 3 is 2.84 bits per heavy atom. The van der Waals surface area contributed by atoms with Crippen LogP contribution in [0.2, 0.25) is 0 Å². The molecular formula is C22H25N7O5S3. The predicted octanol–water partition coefficient (Wildman–Crippen LogP) is 1.38. The van der Waals surface area contributed by atoms with Crippen molar-refractivity contribution in [3.05, 3.63) is 45.2 Å². The number of thioether (sulfide) groups is 2. The fraction of sp³-hybridized carbons (Fsp3) is 0.364. The number of anilines is 1. The number of amides is 2. The summed E-state index contributed by atoms with van der Waals surface area (Å²) in [5.74, 6) is -1.09. The first-order valence-electron chi connectivity index (χ1n) is 11.2. The minimum atomic E-state index is -1.22. The molecule has 2 aromatic heterocycles. The molecule has 0 spiro atoms. The van der Waals surface area contributed by atoms with E-state index in [-0.39, 0.29) is 22.2 Å². The second-order valence-corrected chi connectivity index (χ2v) is 11.7. The van der Waals surface area contributed by atoms with Crippen LogP contribution < -0.4 is 16.8 Å². The molecule has 4 heterocycles. The molecule has 0 radical (unpaired) electrons. The largest absolute Gasteiger partial charge is 0.477 e. The third kappa shape index (κ3) is 5.44. The van der Waals surface area contributed by atoms with Crippen LogP contribution in [0.4, 0.5) is 5.13 Å². The molecule has 12 nitrogen and oxygen atoms in total. The summed E-state index contributed by atoms with van der Waals surface area (Å²) in [7, 11) is 0. The number of carboxylic acid groups (broad SMARTS) is 1. The Morgan fingerprint density at radius 1 is 1.41 bits per heavy atom. The number of fused-ring (bicyclic) bond motifs is 1. The van der Waals surface area contributed by atoms with Crippen LogP contribution in [-0.2, 0) is 20.1 Å². The lowest BCUT2D eigenvalue weighted by molar-refractivity contribution is -0.155. The highest BCUT2D eigenvalue weighted by atomic mass is 32.2. The van der Waals surface area contributed by atoms with Gasteiger partial charge in [0.1, 0.15) is 17.4 Å². The summed E-state index contributed by atoms with van der Waals surface area (Å²) in [4.78, 5) is 49.5. The Labute approximate surface area is 224 Å². The second kappa shape index (κ2) is 11.5. The fourth-order valence-corrected chi connectivity index (χ4v) is 6.89. The van der Waals surface area contributed by atoms with Gasteiger partial charge in [-0.15, -0.1) is 11.3 Å². The van der Waals surface area contributed by atoms with Crippen LogP contribution in [0.1, 0.15) is 29.0 Å². The van der Waals surface area contributed by atoms with Crippen LogP contribution in [0.25, 0.3) is 0 Å². The number of aliphatic carboxylic acids is 1. The molecule has 1 saturated heterocycles. The summed E-state index contributed by atoms with van der Waals surface area (Å²) < 4.78 is 0. The number of nitrogens with one attached hydrogen (secondary N) is 1. The standard InChI is InChI=1S/C22H25N7O5S3/c1-10-15(27-22(24)36-10)17(28-34)19(30)26-16-12-2-3-14(18(21(32)33)29(12)20(16)31)37-13-4-6-25-8-11(13)9-35-7-5-23/h4,6,8,12,16,34H,2-3,5,7,9,23H2,1H3,(H2,24,27)(H,26,30)(H,32,33)/b28-17+/t12-,16+/m1/s1. The number of hydrogen-bond donors (Lipinski definition) is 5. The lowest BCUT2D eigenvalue weighted by Crippen LogP contribution is -2.72. The second-order valence-electron chi connectivity index (χ2n) is 8.17. The summed E-state index contributed by atoms with van der Waals surface area (Å²) in [6.07, 6.45) is 4.25. The number of carboxylic acids is 1. The lowest BCUT2D eigenvalue weighted by Gasteiger charge is -2.50. The molecule has 7 N–H and O–H groups in total. The monoisotopic (exact) mass is 563 g/mol. The molecule has 0 unspecified atom stereocenters. The van der Waals surface area contributed by atoms with Gasteiger partial charge in [-0.1, -0.05) is 16.9 Å². The number of nitrogens with zero attached hydrogens (tertiary/aromatic N) is 4. The zero-order valence-electron chi connectivity index (χ0n) is 19.7. The van der Waals surface area contributed by atoms with Gasteiger partial charge in [0.2, 0.25) is 0 Å². The van der Waals surface area contributed by atoms with Gasteiger partial charge in [0.05, 0.1) is 6.04 Å². The molecule has 0 saturated carbocycles. The molecular weight excluding hydrogens is 538 g/mol. The van der Waals surface area contributed by atoms with Gasteiger partial charge >= 0.3 is 5.97 Å². The van der Waals surface area contributed by atoms with Crippen molar-refractivity contribution in [2.75, 3.05) is 18.0 Å². The van der Waals surface area contributed by atoms with E-state index in [1.165, 1.54) is 16.7 Å². The zero-order valence-corrected chi connectivity index (χ0v) is 22.2. The molecule has 0 aliphatic carbocycles. The van der Waals surface area contributed by atoms with E-state index in [9.17, 15) is 24.7 Å². The molecule has 2 amide bonds. The van der Waals surface area contributed by atoms with Gasteiger partial charge in [0.15, 0.2) is 10.8 Å². The van der Waals surface area contributed by atoms with E-state index in [0.717, 1.165) is 27.5 Å². The van der Waals surface area contributed by atoms with Crippen molar-refractivity contribution in [3.63, 3.8) is 0 Å². The summed E-state index contributed by atoms with van der Waals surface area (Å²) in [5, 5.41) is 25.2. The Hall–Kier alpha value is -3.14. The molecule has 0 aromatic carbocycles. The van der Waals surface area contributed by atoms with E-state index < -0.39 is 29.9 Å². The number of carbonyl (C=O) groups is 3. The first-order chi connectivity index (χ1) is 17.8. The van der Waals surface area contributed by atoms with Gasteiger partial charge in [-0.25, -0.2) is 9.78 Å². The molecule has 2 aromatic rings. The molecule has 0 bridgehead atoms. The molecule has 2 aliphatic heterocycles. The number of nitrogens with two attached hydrogens (primary N) is 2. The third-order valence-electron chi connectivity index (χ3n) is 5.85. The van der Waals surface area contributed by atoms with Gasteiger partial charge in [-0.05, 0) is 31.4 Å². The van der Waals surface area contributed by atoms with Crippen molar-refractivity contribution < 1.29 is 24.7 Å². The molecule has 2 atom stereocenters. The number of nitrogen functional groups attached to an aromatic ring is 1. The van der Waals surface area contributed by atoms with Crippen LogP contribution in [0, 0.1) is 6.92 Å². The van der Waals surface area contributed by atoms with Crippen molar-refractivity contribution >= 4 is 63.5 Å². The number of β-lactam (4-membered cyclic amide) rings is 1. The van der Waals surface area contributed by atoms with Crippen molar-refractivity contribution in [1.82, 2.24) is 20.2 Å². The maximum absolute atomic E-state index is 13.0. The average molecular weight is 564 g/mol. The quantitative estimate of drug-likeness (QED) is 0.0920. The van der Waals surface area contributed by atoms with Crippen molar-refractivity contribution in [1.29, 1.82) is 0 Å². The van der Waals surface area contributed by atoms with E-state index in [2.05, 4.69) is 20.4 Å². The van der Waals surface area contributed by atoms with Gasteiger partial charge in [-0.3, -0.25) is 19.5 Å². The maximum Gasteiger partial charge on any atom is 0.353 e. The Morgan fingerprint density at radius 2 is 2.19 bits per heavy atom. The highest BCUT2D eigenvalue weighted by Crippen LogP contribution is 2.44. The Kier molecular flexibility index (Phi) is 8.36. The molecule has 2 aliphatic rings. The summed E-state index contributed by atoms with van der Waals surface area (Å²) >= 11 is 4.11. The number of oxime groups is 1. The van der Waals surface area contributed by atoms with Crippen molar-refractivity contribution in [3.8, 4) is 0 Å². The number of carbonyl (C=O) groups excluding carboxylic acids is 2. The molecule has 1 fully saturated rings. The highest BCUT2D eigenvalue weighted by Gasteiger charge is 2.54. The normalized spacial score (nSPS) is 19.5. The van der Waals surface area contributed by atoms with E-state index in [0.29, 0.717) is 34.9 Å². The molecule has 4 rings (SSSR count). The zero-order chi connectivity index (χ0) is 26.7. The van der Waals surface area contributed by atoms with Gasteiger partial charge in [0, 0.05) is 45.1 Å². The van der Waals surface area contributed by atoms with E-state index in [4.69, 9.17) is 11.5 Å². The number of aryl methyl sites for hydroxylation is 1. The average Bonchev–Trinajstić information content (AvgIpc) is 3.20. The number of thiazole rings is 1. The van der Waals surface area contributed by atoms with Gasteiger partial charge < -0.3 is 27.1 Å². The van der Waals surface area contributed by atoms with E-state index in [1.54, 1.807) is 31.1 Å². The number of allylic oxidation sites excluding steroid dienone is 1. The minimum absolute atomic E-state index is 0.0895. The molecule has 37 heavy (non-hydrogen) atoms. The minimum Gasteiger partial charge on any atom is -0.477 e. The number of rotatable bonds is 10. The van der Waals surface area contributed by atoms with Gasteiger partial charge in [0.25, 0.3) is 11.8 Å². The first-order valence-corrected chi connectivity index (χ1v) is 14.0. The number of aromatic nitrogens is 2. The van der Waals surface area contributed by atoms with Crippen LogP contribution in [0.15, 0.2) is 39.1 Å². The summed E-state index contributed by atoms with van der Waals surface area (Å²) in [5.41, 5.74) is 11.9. The van der Waals surface area contributed by atoms with Gasteiger partial charge in [-0.2, -0.15) is 11.8 Å². The van der Waals surface area contributed by atoms with Crippen LogP contribution in [0.5, 0.6) is 0 Å². The van der Waals surface area contributed by atoms with Crippen molar-refractivity contribution in [2.24, 2.45) is 10.9 Å². The van der Waals surface area contributed by atoms with E-state index >= 15 is 0 Å². The Balaban J connectivity index is 1.52. The van der Waals surface area contributed by atoms with Crippen LogP contribution in [-0.4, -0.2) is 73.1 Å². The molecule has 15 heteroatoms. The fourth-order valence-electron chi connectivity index (χ4n) is 4.19. The summed E-state index contributed by atoms with van der Waals surface area (Å²) in [6, 6.07) is 0.335. The first kappa shape index (κ1) is 26.9. The van der Waals surface area contributed by atoms with Crippen LogP contribution in [0.3, 0.4) is 0 Å². The third-order valence-corrected chi connectivity index (χ3v) is 8.95. The maximum atomic E-state index is 13.0. The molecule has 196 valence electrons. The highest BCUT2D eigenvalue weighted by molar-refractivity contribution is 8.03. The number of hydrogen-bond acceptors (Lipinski definition) is 12. The number of pyridine rings is 1. The predicted molar refractivity (Wildman–Crippen MR) is 141 cm³/mol.